The molecule has 1 aliphatic rings. The average Bonchev–Trinajstić information content (AvgIpc) is 3.30. The topological polar surface area (TPSA) is 89.9 Å². The minimum atomic E-state index is -0.461. The van der Waals surface area contributed by atoms with Crippen LogP contribution in [0.2, 0.25) is 5.02 Å². The molecule has 2 heterocycles. The molecule has 0 N–H and O–H groups in total. The third-order valence-corrected chi connectivity index (χ3v) is 6.20. The van der Waals surface area contributed by atoms with Gasteiger partial charge in [-0.3, -0.25) is 19.5 Å². The molecule has 0 spiro atoms. The molecular formula is C20H13ClN4O3S2. The van der Waals surface area contributed by atoms with Crippen LogP contribution < -0.4 is 4.87 Å². The van der Waals surface area contributed by atoms with Crippen LogP contribution >= 0.6 is 35.6 Å². The fourth-order valence-corrected chi connectivity index (χ4v) is 4.32. The van der Waals surface area contributed by atoms with E-state index in [1.165, 1.54) is 12.1 Å². The lowest BCUT2D eigenvalue weighted by atomic mass is 10.0. The number of thiol groups is 1. The molecule has 1 aliphatic heterocycles. The van der Waals surface area contributed by atoms with Gasteiger partial charge < -0.3 is 0 Å². The molecule has 7 nitrogen and oxygen atoms in total. The molecule has 1 aromatic heterocycles. The van der Waals surface area contributed by atoms with Gasteiger partial charge in [-0.05, 0) is 23.8 Å². The van der Waals surface area contributed by atoms with E-state index in [0.717, 1.165) is 16.9 Å². The zero-order chi connectivity index (χ0) is 21.3. The van der Waals surface area contributed by atoms with Crippen LogP contribution in [0.25, 0.3) is 6.08 Å². The maximum atomic E-state index is 12.5. The fraction of sp³-hybridized carbons (Fsp3) is 0.0500. The van der Waals surface area contributed by atoms with Gasteiger partial charge >= 0.3 is 4.87 Å². The highest BCUT2D eigenvalue weighted by atomic mass is 35.5. The normalized spacial score (nSPS) is 14.3. The Hall–Kier alpha value is -3.01. The predicted molar refractivity (Wildman–Crippen MR) is 122 cm³/mol. The van der Waals surface area contributed by atoms with Crippen molar-refractivity contribution in [1.82, 2.24) is 4.57 Å². The Bertz CT molecular complexity index is 1290. The minimum absolute atomic E-state index is 0.0323. The largest absolute Gasteiger partial charge is 0.308 e. The number of allylic oxidation sites excluding steroid dienone is 1. The van der Waals surface area contributed by atoms with E-state index in [4.69, 9.17) is 11.6 Å². The molecule has 4 rings (SSSR count). The Morgan fingerprint density at radius 1 is 1.23 bits per heavy atom. The Morgan fingerprint density at radius 3 is 2.73 bits per heavy atom. The second-order valence-electron chi connectivity index (χ2n) is 6.37. The summed E-state index contributed by atoms with van der Waals surface area (Å²) in [7, 11) is 0. The molecule has 150 valence electrons. The first-order chi connectivity index (χ1) is 14.4. The molecule has 0 saturated heterocycles. The van der Waals surface area contributed by atoms with Crippen LogP contribution in [0.15, 0.2) is 74.1 Å². The number of hydrogen-bond acceptors (Lipinski definition) is 7. The number of thiazole rings is 1. The van der Waals surface area contributed by atoms with Crippen molar-refractivity contribution in [1.29, 1.82) is 0 Å². The summed E-state index contributed by atoms with van der Waals surface area (Å²) in [6, 6.07) is 13.4. The van der Waals surface area contributed by atoms with Crippen molar-refractivity contribution in [2.75, 3.05) is 0 Å². The van der Waals surface area contributed by atoms with E-state index in [1.807, 2.05) is 12.1 Å². The Labute approximate surface area is 185 Å². The van der Waals surface area contributed by atoms with Crippen molar-refractivity contribution >= 4 is 59.3 Å². The van der Waals surface area contributed by atoms with Gasteiger partial charge in [-0.15, -0.1) is 17.7 Å². The summed E-state index contributed by atoms with van der Waals surface area (Å²) in [5.41, 5.74) is 2.61. The first-order valence-electron chi connectivity index (χ1n) is 8.67. The third kappa shape index (κ3) is 4.13. The molecule has 3 aromatic rings. The van der Waals surface area contributed by atoms with Crippen LogP contribution in [0.5, 0.6) is 0 Å². The average molecular weight is 457 g/mol. The third-order valence-electron chi connectivity index (χ3n) is 4.39. The first kappa shape index (κ1) is 20.3. The van der Waals surface area contributed by atoms with Gasteiger partial charge in [0.25, 0.3) is 5.69 Å². The molecule has 0 unspecified atom stereocenters. The lowest BCUT2D eigenvalue weighted by Gasteiger charge is -2.05. The fourth-order valence-electron chi connectivity index (χ4n) is 2.93. The number of benzene rings is 2. The van der Waals surface area contributed by atoms with Gasteiger partial charge in [-0.1, -0.05) is 47.2 Å². The van der Waals surface area contributed by atoms with Gasteiger partial charge in [-0.25, -0.2) is 0 Å². The lowest BCUT2D eigenvalue weighted by molar-refractivity contribution is -0.384. The maximum absolute atomic E-state index is 12.5. The Morgan fingerprint density at radius 2 is 2.00 bits per heavy atom. The molecule has 0 aliphatic carbocycles. The van der Waals surface area contributed by atoms with Crippen molar-refractivity contribution < 1.29 is 4.92 Å². The standard InChI is InChI=1S/C20H13ClN4O3S2/c21-15-6-4-12(5-7-15)11-24-19(29)17(30-20(24)26)9-14-10-22-23-18(14)13-2-1-3-16(8-13)25(27)28/h1-10,29H,11H2. The highest BCUT2D eigenvalue weighted by Gasteiger charge is 2.18. The summed E-state index contributed by atoms with van der Waals surface area (Å²) in [6.07, 6.45) is 3.32. The van der Waals surface area contributed by atoms with Gasteiger partial charge in [-0.2, -0.15) is 5.10 Å². The Kier molecular flexibility index (Phi) is 5.67. The minimum Gasteiger partial charge on any atom is -0.289 e. The van der Waals surface area contributed by atoms with Gasteiger partial charge in [0, 0.05) is 28.3 Å². The smallest absolute Gasteiger partial charge is 0.289 e. The van der Waals surface area contributed by atoms with Gasteiger partial charge in [0.15, 0.2) is 0 Å². The van der Waals surface area contributed by atoms with E-state index in [9.17, 15) is 14.9 Å². The van der Waals surface area contributed by atoms with E-state index < -0.39 is 4.92 Å². The van der Waals surface area contributed by atoms with E-state index in [0.29, 0.717) is 38.3 Å². The van der Waals surface area contributed by atoms with Crippen molar-refractivity contribution in [2.45, 2.75) is 11.6 Å². The summed E-state index contributed by atoms with van der Waals surface area (Å²) >= 11 is 11.5. The zero-order valence-electron chi connectivity index (χ0n) is 15.2. The molecule has 0 radical (unpaired) electrons. The molecule has 0 fully saturated rings. The molecule has 30 heavy (non-hydrogen) atoms. The molecule has 0 atom stereocenters. The number of nitro benzene ring substituents is 1. The predicted octanol–water partition coefficient (Wildman–Crippen LogP) is 4.68. The molecular weight excluding hydrogens is 444 g/mol. The first-order valence-corrected chi connectivity index (χ1v) is 10.3. The lowest BCUT2D eigenvalue weighted by Crippen LogP contribution is -2.14. The summed E-state index contributed by atoms with van der Waals surface area (Å²) in [5, 5.41) is 20.2. The van der Waals surface area contributed by atoms with Crippen LogP contribution in [0.4, 0.5) is 5.69 Å². The monoisotopic (exact) mass is 456 g/mol. The zero-order valence-corrected chi connectivity index (χ0v) is 17.7. The number of hydrogen-bond donors (Lipinski definition) is 1. The summed E-state index contributed by atoms with van der Waals surface area (Å²) < 4.78 is 1.57. The number of aromatic nitrogens is 1. The number of rotatable bonds is 5. The van der Waals surface area contributed by atoms with Gasteiger partial charge in [0.1, 0.15) is 5.71 Å². The van der Waals surface area contributed by atoms with E-state index in [-0.39, 0.29) is 10.6 Å². The summed E-state index contributed by atoms with van der Waals surface area (Å²) in [5.74, 6) is 0. The molecule has 10 heteroatoms. The second-order valence-corrected chi connectivity index (χ2v) is 8.22. The molecule has 0 amide bonds. The van der Waals surface area contributed by atoms with Crippen molar-refractivity contribution in [3.8, 4) is 0 Å². The summed E-state index contributed by atoms with van der Waals surface area (Å²) in [6.45, 7) is 0.369. The Balaban J connectivity index is 1.66. The maximum Gasteiger partial charge on any atom is 0.308 e. The summed E-state index contributed by atoms with van der Waals surface area (Å²) in [4.78, 5) is 23.6. The number of non-ortho nitro benzene ring substituents is 1. The van der Waals surface area contributed by atoms with E-state index in [2.05, 4.69) is 22.8 Å². The molecule has 2 aromatic carbocycles. The van der Waals surface area contributed by atoms with Crippen LogP contribution in [-0.4, -0.2) is 21.4 Å². The highest BCUT2D eigenvalue weighted by Crippen LogP contribution is 2.25. The van der Waals surface area contributed by atoms with E-state index >= 15 is 0 Å². The highest BCUT2D eigenvalue weighted by molar-refractivity contribution is 7.80. The number of nitro groups is 1. The molecule has 0 saturated carbocycles. The SMILES string of the molecule is O=c1sc(C=C2C=NN=C2c2cccc([N+](=O)[O-])c2)c(S)n1Cc1ccc(Cl)cc1. The molecule has 0 bridgehead atoms. The van der Waals surface area contributed by atoms with Crippen LogP contribution in [-0.2, 0) is 6.54 Å². The number of nitrogens with zero attached hydrogens (tertiary/aromatic N) is 4. The second kappa shape index (κ2) is 8.39. The van der Waals surface area contributed by atoms with Crippen LogP contribution in [0.3, 0.4) is 0 Å². The van der Waals surface area contributed by atoms with Crippen molar-refractivity contribution in [2.24, 2.45) is 10.2 Å². The van der Waals surface area contributed by atoms with Crippen molar-refractivity contribution in [3.63, 3.8) is 0 Å². The number of halogens is 1. The van der Waals surface area contributed by atoms with Gasteiger partial charge in [0.05, 0.1) is 27.6 Å². The van der Waals surface area contributed by atoms with Crippen molar-refractivity contribution in [3.05, 3.63) is 94.9 Å². The quantitative estimate of drug-likeness (QED) is 0.343. The van der Waals surface area contributed by atoms with Crippen LogP contribution in [0.1, 0.15) is 16.0 Å². The van der Waals surface area contributed by atoms with Crippen LogP contribution in [0, 0.1) is 10.1 Å². The van der Waals surface area contributed by atoms with Gasteiger partial charge in [0.2, 0.25) is 0 Å². The van der Waals surface area contributed by atoms with E-state index in [1.54, 1.807) is 41.1 Å².